The number of fused-ring (bicyclic) bond motifs is 1. The number of rotatable bonds is 4. The molecule has 124 valence electrons. The van der Waals surface area contributed by atoms with Gasteiger partial charge in [0.15, 0.2) is 11.5 Å². The first-order valence-electron chi connectivity index (χ1n) is 7.61. The summed E-state index contributed by atoms with van der Waals surface area (Å²) in [4.78, 5) is 12.9. The van der Waals surface area contributed by atoms with Crippen LogP contribution in [0.3, 0.4) is 0 Å². The zero-order valence-corrected chi connectivity index (χ0v) is 13.9. The van der Waals surface area contributed by atoms with E-state index in [1.165, 1.54) is 6.33 Å². The number of hydrogen-bond donors (Lipinski definition) is 2. The molecule has 3 aromatic heterocycles. The van der Waals surface area contributed by atoms with Gasteiger partial charge in [-0.3, -0.25) is 0 Å². The van der Waals surface area contributed by atoms with Gasteiger partial charge in [-0.15, -0.1) is 5.10 Å². The number of halogens is 1. The predicted molar refractivity (Wildman–Crippen MR) is 97.2 cm³/mol. The van der Waals surface area contributed by atoms with Crippen LogP contribution in [-0.4, -0.2) is 24.6 Å². The van der Waals surface area contributed by atoms with Crippen LogP contribution < -0.4 is 11.1 Å². The number of aromatic nitrogens is 5. The molecule has 7 nitrogen and oxygen atoms in total. The zero-order chi connectivity index (χ0) is 17.2. The summed E-state index contributed by atoms with van der Waals surface area (Å²) in [5.74, 6) is 1.04. The van der Waals surface area contributed by atoms with Gasteiger partial charge in [0.25, 0.3) is 0 Å². The molecule has 0 radical (unpaired) electrons. The van der Waals surface area contributed by atoms with E-state index >= 15 is 0 Å². The average Bonchev–Trinajstić information content (AvgIpc) is 2.97. The number of anilines is 2. The van der Waals surface area contributed by atoms with E-state index in [2.05, 4.69) is 25.4 Å². The summed E-state index contributed by atoms with van der Waals surface area (Å²) < 4.78 is 1.63. The molecule has 0 aliphatic heterocycles. The number of hydrogen-bond acceptors (Lipinski definition) is 6. The lowest BCUT2D eigenvalue weighted by Crippen LogP contribution is -2.03. The normalized spacial score (nSPS) is 10.9. The number of nitrogen functional groups attached to an aromatic ring is 1. The summed E-state index contributed by atoms with van der Waals surface area (Å²) in [5, 5.41) is 8.21. The fourth-order valence-corrected chi connectivity index (χ4v) is 2.77. The van der Waals surface area contributed by atoms with Gasteiger partial charge in [0.05, 0.1) is 11.3 Å². The molecular weight excluding hydrogens is 338 g/mol. The summed E-state index contributed by atoms with van der Waals surface area (Å²) in [6.45, 7) is 0.554. The SMILES string of the molecule is Nc1nn2cccnc2c1-c1cc(NCc2ccccc2Cl)ncn1. The molecule has 1 aromatic carbocycles. The van der Waals surface area contributed by atoms with Crippen molar-refractivity contribution < 1.29 is 0 Å². The van der Waals surface area contributed by atoms with Crippen LogP contribution in [0.4, 0.5) is 11.6 Å². The molecule has 4 rings (SSSR count). The third-order valence-corrected chi connectivity index (χ3v) is 4.13. The van der Waals surface area contributed by atoms with Crippen molar-refractivity contribution in [1.82, 2.24) is 24.6 Å². The molecule has 0 bridgehead atoms. The first kappa shape index (κ1) is 15.3. The minimum atomic E-state index is 0.370. The summed E-state index contributed by atoms with van der Waals surface area (Å²) in [6.07, 6.45) is 4.97. The average molecular weight is 352 g/mol. The predicted octanol–water partition coefficient (Wildman–Crippen LogP) is 3.03. The summed E-state index contributed by atoms with van der Waals surface area (Å²) in [5.41, 5.74) is 9.03. The fourth-order valence-electron chi connectivity index (χ4n) is 2.57. The minimum Gasteiger partial charge on any atom is -0.382 e. The van der Waals surface area contributed by atoms with Gasteiger partial charge in [0, 0.05) is 30.0 Å². The Labute approximate surface area is 148 Å². The van der Waals surface area contributed by atoms with Crippen LogP contribution in [0.25, 0.3) is 16.9 Å². The Bertz CT molecular complexity index is 1040. The second kappa shape index (κ2) is 6.37. The second-order valence-electron chi connectivity index (χ2n) is 5.38. The lowest BCUT2D eigenvalue weighted by atomic mass is 10.2. The van der Waals surface area contributed by atoms with Crippen LogP contribution >= 0.6 is 11.6 Å². The fraction of sp³-hybridized carbons (Fsp3) is 0.0588. The van der Waals surface area contributed by atoms with E-state index in [4.69, 9.17) is 17.3 Å². The maximum atomic E-state index is 6.18. The molecule has 0 atom stereocenters. The molecular formula is C17H14ClN7. The molecule has 3 heterocycles. The smallest absolute Gasteiger partial charge is 0.166 e. The van der Waals surface area contributed by atoms with E-state index in [-0.39, 0.29) is 0 Å². The largest absolute Gasteiger partial charge is 0.382 e. The number of benzene rings is 1. The molecule has 0 saturated carbocycles. The van der Waals surface area contributed by atoms with Gasteiger partial charge < -0.3 is 11.1 Å². The van der Waals surface area contributed by atoms with Crippen molar-refractivity contribution in [2.24, 2.45) is 0 Å². The van der Waals surface area contributed by atoms with Gasteiger partial charge >= 0.3 is 0 Å². The Morgan fingerprint density at radius 1 is 1.12 bits per heavy atom. The lowest BCUT2D eigenvalue weighted by Gasteiger charge is -2.08. The Morgan fingerprint density at radius 3 is 2.88 bits per heavy atom. The van der Waals surface area contributed by atoms with Gasteiger partial charge in [-0.2, -0.15) is 0 Å². The quantitative estimate of drug-likeness (QED) is 0.587. The van der Waals surface area contributed by atoms with Crippen LogP contribution in [0.15, 0.2) is 55.1 Å². The molecule has 4 aromatic rings. The van der Waals surface area contributed by atoms with Crippen molar-refractivity contribution in [2.45, 2.75) is 6.54 Å². The van der Waals surface area contributed by atoms with Crippen molar-refractivity contribution in [2.75, 3.05) is 11.1 Å². The van der Waals surface area contributed by atoms with Crippen LogP contribution in [-0.2, 0) is 6.54 Å². The minimum absolute atomic E-state index is 0.370. The molecule has 0 fully saturated rings. The van der Waals surface area contributed by atoms with Crippen LogP contribution in [0, 0.1) is 0 Å². The number of nitrogens with one attached hydrogen (secondary N) is 1. The molecule has 8 heteroatoms. The van der Waals surface area contributed by atoms with E-state index in [0.717, 1.165) is 5.56 Å². The van der Waals surface area contributed by atoms with Crippen LogP contribution in [0.5, 0.6) is 0 Å². The molecule has 0 spiro atoms. The first-order chi connectivity index (χ1) is 12.2. The third-order valence-electron chi connectivity index (χ3n) is 3.76. The maximum Gasteiger partial charge on any atom is 0.166 e. The topological polar surface area (TPSA) is 94.0 Å². The van der Waals surface area contributed by atoms with Crippen molar-refractivity contribution in [3.63, 3.8) is 0 Å². The monoisotopic (exact) mass is 351 g/mol. The lowest BCUT2D eigenvalue weighted by molar-refractivity contribution is 0.945. The molecule has 0 saturated heterocycles. The molecule has 3 N–H and O–H groups in total. The third kappa shape index (κ3) is 2.97. The molecule has 0 amide bonds. The molecule has 25 heavy (non-hydrogen) atoms. The summed E-state index contributed by atoms with van der Waals surface area (Å²) in [7, 11) is 0. The number of nitrogens with zero attached hydrogens (tertiary/aromatic N) is 5. The maximum absolute atomic E-state index is 6.18. The second-order valence-corrected chi connectivity index (χ2v) is 5.79. The molecule has 0 aliphatic rings. The summed E-state index contributed by atoms with van der Waals surface area (Å²) in [6, 6.07) is 11.3. The summed E-state index contributed by atoms with van der Waals surface area (Å²) >= 11 is 6.18. The van der Waals surface area contributed by atoms with E-state index in [0.29, 0.717) is 40.1 Å². The van der Waals surface area contributed by atoms with Gasteiger partial charge in [0.1, 0.15) is 12.1 Å². The van der Waals surface area contributed by atoms with E-state index in [9.17, 15) is 0 Å². The van der Waals surface area contributed by atoms with Crippen molar-refractivity contribution in [3.8, 4) is 11.3 Å². The highest BCUT2D eigenvalue weighted by Crippen LogP contribution is 2.28. The van der Waals surface area contributed by atoms with Crippen molar-refractivity contribution in [1.29, 1.82) is 0 Å². The van der Waals surface area contributed by atoms with Crippen molar-refractivity contribution in [3.05, 3.63) is 65.7 Å². The Morgan fingerprint density at radius 2 is 2.00 bits per heavy atom. The highest BCUT2D eigenvalue weighted by atomic mass is 35.5. The van der Waals surface area contributed by atoms with E-state index in [1.807, 2.05) is 30.3 Å². The van der Waals surface area contributed by atoms with Crippen molar-refractivity contribution >= 4 is 28.9 Å². The Hall–Kier alpha value is -3.19. The standard InChI is InChI=1S/C17H14ClN7/c18-12-5-2-1-4-11(12)9-21-14-8-13(22-10-23-14)15-16(19)24-25-7-3-6-20-17(15)25/h1-8,10H,9H2,(H2,19,24)(H,21,22,23). The van der Waals surface area contributed by atoms with Gasteiger partial charge in [-0.05, 0) is 17.7 Å². The first-order valence-corrected chi connectivity index (χ1v) is 7.98. The highest BCUT2D eigenvalue weighted by Gasteiger charge is 2.15. The Balaban J connectivity index is 1.65. The highest BCUT2D eigenvalue weighted by molar-refractivity contribution is 6.31. The zero-order valence-electron chi connectivity index (χ0n) is 13.1. The van der Waals surface area contributed by atoms with Gasteiger partial charge in [-0.25, -0.2) is 19.5 Å². The van der Waals surface area contributed by atoms with Crippen LogP contribution in [0.1, 0.15) is 5.56 Å². The molecule has 0 unspecified atom stereocenters. The van der Waals surface area contributed by atoms with E-state index in [1.54, 1.807) is 23.0 Å². The van der Waals surface area contributed by atoms with Crippen LogP contribution in [0.2, 0.25) is 5.02 Å². The van der Waals surface area contributed by atoms with Gasteiger partial charge in [0.2, 0.25) is 0 Å². The molecule has 0 aliphatic carbocycles. The van der Waals surface area contributed by atoms with E-state index < -0.39 is 0 Å². The Kier molecular flexibility index (Phi) is 3.91. The number of nitrogens with two attached hydrogens (primary N) is 1. The van der Waals surface area contributed by atoms with Gasteiger partial charge in [-0.1, -0.05) is 29.8 Å².